The molecule has 1 aliphatic heterocycles. The number of nitrogens with zero attached hydrogens (tertiary/aromatic N) is 3. The van der Waals surface area contributed by atoms with Crippen LogP contribution in [0.2, 0.25) is 10.0 Å². The highest BCUT2D eigenvalue weighted by Crippen LogP contribution is 2.32. The third-order valence-corrected chi connectivity index (χ3v) is 5.15. The Morgan fingerprint density at radius 3 is 2.75 bits per heavy atom. The van der Waals surface area contributed by atoms with Gasteiger partial charge in [-0.1, -0.05) is 23.2 Å². The lowest BCUT2D eigenvalue weighted by molar-refractivity contribution is -0.117. The van der Waals surface area contributed by atoms with Gasteiger partial charge in [0.05, 0.1) is 16.3 Å². The molecular formula is C18H16BrCl2N5O2. The molecular weight excluding hydrogens is 469 g/mol. The lowest BCUT2D eigenvalue weighted by Crippen LogP contribution is -2.39. The van der Waals surface area contributed by atoms with Crippen LogP contribution in [-0.2, 0) is 4.79 Å². The first kappa shape index (κ1) is 20.6. The summed E-state index contributed by atoms with van der Waals surface area (Å²) >= 11 is 15.6. The first-order valence-corrected chi connectivity index (χ1v) is 9.82. The van der Waals surface area contributed by atoms with Crippen LogP contribution in [0, 0.1) is 6.92 Å². The second kappa shape index (κ2) is 8.46. The maximum atomic E-state index is 13.1. The molecule has 2 N–H and O–H groups in total. The first-order chi connectivity index (χ1) is 13.3. The molecule has 146 valence electrons. The Hall–Kier alpha value is -2.16. The molecule has 28 heavy (non-hydrogen) atoms. The van der Waals surface area contributed by atoms with Gasteiger partial charge in [0.25, 0.3) is 5.91 Å². The van der Waals surface area contributed by atoms with Crippen molar-refractivity contribution in [2.45, 2.75) is 19.4 Å². The first-order valence-electron chi connectivity index (χ1n) is 8.27. The number of hydrogen-bond acceptors (Lipinski definition) is 5. The van der Waals surface area contributed by atoms with Crippen LogP contribution in [0.5, 0.6) is 0 Å². The average Bonchev–Trinajstić information content (AvgIpc) is 3.05. The van der Waals surface area contributed by atoms with E-state index in [1.807, 2.05) is 0 Å². The van der Waals surface area contributed by atoms with E-state index in [4.69, 9.17) is 23.2 Å². The Labute approximate surface area is 180 Å². The van der Waals surface area contributed by atoms with Crippen molar-refractivity contribution < 1.29 is 9.59 Å². The van der Waals surface area contributed by atoms with Gasteiger partial charge in [-0.3, -0.25) is 9.59 Å². The zero-order valence-electron chi connectivity index (χ0n) is 15.0. The number of anilines is 2. The zero-order chi connectivity index (χ0) is 20.4. The fraction of sp³-hybridized carbons (Fsp3) is 0.222. The topological polar surface area (TPSA) is 86.7 Å². The van der Waals surface area contributed by atoms with Gasteiger partial charge < -0.3 is 10.6 Å². The molecule has 3 rings (SSSR count). The number of aryl methyl sites for hydroxylation is 1. The number of carbonyl (C=O) groups is 2. The highest BCUT2D eigenvalue weighted by atomic mass is 79.9. The van der Waals surface area contributed by atoms with Crippen LogP contribution >= 0.6 is 39.1 Å². The van der Waals surface area contributed by atoms with Crippen LogP contribution in [-0.4, -0.2) is 34.5 Å². The molecule has 0 spiro atoms. The van der Waals surface area contributed by atoms with Crippen molar-refractivity contribution in [3.05, 3.63) is 51.6 Å². The predicted octanol–water partition coefficient (Wildman–Crippen LogP) is 3.98. The van der Waals surface area contributed by atoms with E-state index in [9.17, 15) is 9.59 Å². The lowest BCUT2D eigenvalue weighted by atomic mass is 10.1. The van der Waals surface area contributed by atoms with E-state index in [1.54, 1.807) is 31.3 Å². The Balaban J connectivity index is 1.93. The molecule has 0 fully saturated rings. The molecule has 2 aromatic rings. The van der Waals surface area contributed by atoms with Gasteiger partial charge in [-0.05, 0) is 52.7 Å². The largest absolute Gasteiger partial charge is 0.355 e. The van der Waals surface area contributed by atoms with E-state index >= 15 is 0 Å². The number of carbonyl (C=O) groups excluding carboxylic acids is 2. The molecule has 1 aromatic carbocycles. The third kappa shape index (κ3) is 4.14. The molecule has 1 atom stereocenters. The summed E-state index contributed by atoms with van der Waals surface area (Å²) in [5, 5.41) is 12.0. The molecule has 0 saturated heterocycles. The van der Waals surface area contributed by atoms with Crippen molar-refractivity contribution in [2.75, 3.05) is 17.4 Å². The second-order valence-corrected chi connectivity index (χ2v) is 7.82. The second-order valence-electron chi connectivity index (χ2n) is 6.06. The quantitative estimate of drug-likeness (QED) is 0.687. The minimum atomic E-state index is -0.686. The minimum Gasteiger partial charge on any atom is -0.355 e. The molecule has 0 bridgehead atoms. The van der Waals surface area contributed by atoms with Gasteiger partial charge in [-0.15, -0.1) is 0 Å². The Morgan fingerprint density at radius 2 is 2.07 bits per heavy atom. The molecule has 1 aliphatic rings. The van der Waals surface area contributed by atoms with Crippen molar-refractivity contribution >= 4 is 67.1 Å². The van der Waals surface area contributed by atoms with Gasteiger partial charge in [-0.2, -0.15) is 5.10 Å². The molecule has 0 radical (unpaired) electrons. The maximum Gasteiger partial charge on any atom is 0.253 e. The summed E-state index contributed by atoms with van der Waals surface area (Å²) in [5.41, 5.74) is 1.34. The molecule has 1 aromatic heterocycles. The van der Waals surface area contributed by atoms with Crippen LogP contribution in [0.1, 0.15) is 22.3 Å². The third-order valence-electron chi connectivity index (χ3n) is 4.15. The van der Waals surface area contributed by atoms with Crippen LogP contribution in [0.4, 0.5) is 11.5 Å². The van der Waals surface area contributed by atoms with Crippen molar-refractivity contribution in [2.24, 2.45) is 5.10 Å². The van der Waals surface area contributed by atoms with Crippen molar-refractivity contribution in [1.29, 1.82) is 0 Å². The summed E-state index contributed by atoms with van der Waals surface area (Å²) in [6.07, 6.45) is 1.91. The summed E-state index contributed by atoms with van der Waals surface area (Å²) in [7, 11) is 1.51. The molecule has 2 amide bonds. The lowest BCUT2D eigenvalue weighted by Gasteiger charge is -2.23. The normalized spacial score (nSPS) is 16.0. The van der Waals surface area contributed by atoms with E-state index in [1.165, 1.54) is 18.1 Å². The molecule has 0 saturated carbocycles. The Kier molecular flexibility index (Phi) is 6.22. The standard InChI is InChI=1S/C18H16BrCl2N5O2/c1-9-6-10(20)7-11(17(27)22-2)15(9)24-18(28)13-8-14(19)25-26(13)16-12(21)4-3-5-23-16/h3-7,13H,8H2,1-2H3,(H,22,27)(H,24,28). The number of hydrogen-bond donors (Lipinski definition) is 2. The van der Waals surface area contributed by atoms with Crippen molar-refractivity contribution in [3.63, 3.8) is 0 Å². The SMILES string of the molecule is CNC(=O)c1cc(Cl)cc(C)c1NC(=O)C1CC(Br)=NN1c1ncccc1Cl. The monoisotopic (exact) mass is 483 g/mol. The predicted molar refractivity (Wildman–Crippen MR) is 115 cm³/mol. The van der Waals surface area contributed by atoms with Gasteiger partial charge in [0.2, 0.25) is 5.91 Å². The van der Waals surface area contributed by atoms with Gasteiger partial charge >= 0.3 is 0 Å². The summed E-state index contributed by atoms with van der Waals surface area (Å²) in [6, 6.07) is 5.88. The molecule has 7 nitrogen and oxygen atoms in total. The summed E-state index contributed by atoms with van der Waals surface area (Å²) in [5.74, 6) is -0.331. The number of pyridine rings is 1. The average molecular weight is 485 g/mol. The van der Waals surface area contributed by atoms with Crippen molar-refractivity contribution in [1.82, 2.24) is 10.3 Å². The van der Waals surface area contributed by atoms with Gasteiger partial charge in [0.15, 0.2) is 5.82 Å². The highest BCUT2D eigenvalue weighted by Gasteiger charge is 2.35. The Bertz CT molecular complexity index is 982. The number of aromatic nitrogens is 1. The van der Waals surface area contributed by atoms with Gasteiger partial charge in [0.1, 0.15) is 10.7 Å². The zero-order valence-corrected chi connectivity index (χ0v) is 18.1. The molecule has 0 aliphatic carbocycles. The van der Waals surface area contributed by atoms with E-state index in [2.05, 4.69) is 36.6 Å². The van der Waals surface area contributed by atoms with Crippen LogP contribution in [0.15, 0.2) is 35.6 Å². The Morgan fingerprint density at radius 1 is 1.32 bits per heavy atom. The maximum absolute atomic E-state index is 13.1. The number of amides is 2. The summed E-state index contributed by atoms with van der Waals surface area (Å²) < 4.78 is 0.591. The number of halogens is 3. The smallest absolute Gasteiger partial charge is 0.253 e. The molecule has 10 heteroatoms. The number of nitrogens with one attached hydrogen (secondary N) is 2. The number of hydrazone groups is 1. The minimum absolute atomic E-state index is 0.279. The van der Waals surface area contributed by atoms with E-state index in [0.29, 0.717) is 38.2 Å². The number of benzene rings is 1. The van der Waals surface area contributed by atoms with Crippen molar-refractivity contribution in [3.8, 4) is 0 Å². The summed E-state index contributed by atoms with van der Waals surface area (Å²) in [4.78, 5) is 29.5. The number of rotatable bonds is 4. The summed E-state index contributed by atoms with van der Waals surface area (Å²) in [6.45, 7) is 1.77. The van der Waals surface area contributed by atoms with Crippen LogP contribution in [0.25, 0.3) is 0 Å². The van der Waals surface area contributed by atoms with Crippen LogP contribution < -0.4 is 15.6 Å². The fourth-order valence-corrected chi connectivity index (χ4v) is 3.81. The van der Waals surface area contributed by atoms with E-state index in [0.717, 1.165) is 0 Å². The molecule has 2 heterocycles. The van der Waals surface area contributed by atoms with Gasteiger partial charge in [0, 0.05) is 24.7 Å². The van der Waals surface area contributed by atoms with E-state index in [-0.39, 0.29) is 17.4 Å². The fourth-order valence-electron chi connectivity index (χ4n) is 2.85. The van der Waals surface area contributed by atoms with Gasteiger partial charge in [-0.25, -0.2) is 9.99 Å². The molecule has 1 unspecified atom stereocenters. The van der Waals surface area contributed by atoms with Crippen LogP contribution in [0.3, 0.4) is 0 Å². The highest BCUT2D eigenvalue weighted by molar-refractivity contribution is 9.18. The van der Waals surface area contributed by atoms with E-state index < -0.39 is 6.04 Å².